The quantitative estimate of drug-likeness (QED) is 0.771. The molecule has 0 saturated heterocycles. The highest BCUT2D eigenvalue weighted by atomic mass is 79.9. The Bertz CT molecular complexity index is 641. The van der Waals surface area contributed by atoms with Crippen LogP contribution in [0.5, 0.6) is 0 Å². The Morgan fingerprint density at radius 2 is 2.16 bits per heavy atom. The molecule has 0 bridgehead atoms. The van der Waals surface area contributed by atoms with E-state index in [0.29, 0.717) is 5.69 Å². The predicted molar refractivity (Wildman–Crippen MR) is 81.1 cm³/mol. The second-order valence-electron chi connectivity index (χ2n) is 3.59. The molecule has 0 unspecified atom stereocenters. The van der Waals surface area contributed by atoms with E-state index in [2.05, 4.69) is 21.2 Å². The van der Waals surface area contributed by atoms with E-state index in [9.17, 15) is 9.18 Å². The van der Waals surface area contributed by atoms with Crippen LogP contribution in [0.2, 0.25) is 5.02 Å². The first-order valence-corrected chi connectivity index (χ1v) is 7.23. The molecule has 0 spiro atoms. The summed E-state index contributed by atoms with van der Waals surface area (Å²) in [5.41, 5.74) is 0.452. The van der Waals surface area contributed by atoms with Crippen molar-refractivity contribution in [3.05, 3.63) is 55.9 Å². The molecule has 2 rings (SSSR count). The third kappa shape index (κ3) is 4.16. The lowest BCUT2D eigenvalue weighted by Crippen LogP contribution is -2.07. The molecule has 0 aliphatic rings. The smallest absolute Gasteiger partial charge is 0.248 e. The van der Waals surface area contributed by atoms with Crippen molar-refractivity contribution in [2.75, 3.05) is 5.32 Å². The summed E-state index contributed by atoms with van der Waals surface area (Å²) in [7, 11) is 0. The molecule has 1 aromatic heterocycles. The summed E-state index contributed by atoms with van der Waals surface area (Å²) in [6.07, 6.45) is 3.12. The summed E-state index contributed by atoms with van der Waals surface area (Å²) < 4.78 is 13.9. The fraction of sp³-hybridized carbons (Fsp3) is 0. The number of benzene rings is 1. The van der Waals surface area contributed by atoms with E-state index in [0.717, 1.165) is 8.66 Å². The zero-order valence-corrected chi connectivity index (χ0v) is 12.7. The van der Waals surface area contributed by atoms with E-state index >= 15 is 0 Å². The lowest BCUT2D eigenvalue weighted by Gasteiger charge is -2.02. The van der Waals surface area contributed by atoms with Gasteiger partial charge in [-0.25, -0.2) is 4.39 Å². The molecule has 0 fully saturated rings. The van der Waals surface area contributed by atoms with E-state index in [4.69, 9.17) is 11.6 Å². The molecule has 2 nitrogen and oxygen atoms in total. The van der Waals surface area contributed by atoms with E-state index in [1.165, 1.54) is 35.6 Å². The van der Waals surface area contributed by atoms with Crippen LogP contribution in [0.4, 0.5) is 10.1 Å². The van der Waals surface area contributed by atoms with Crippen molar-refractivity contribution >= 4 is 56.5 Å². The highest BCUT2D eigenvalue weighted by Gasteiger charge is 2.03. The minimum Gasteiger partial charge on any atom is -0.322 e. The molecule has 2 aromatic rings. The van der Waals surface area contributed by atoms with Gasteiger partial charge in [0.25, 0.3) is 0 Å². The Balaban J connectivity index is 2.01. The summed E-state index contributed by atoms with van der Waals surface area (Å²) in [5.74, 6) is -0.814. The van der Waals surface area contributed by atoms with Crippen molar-refractivity contribution < 1.29 is 9.18 Å². The van der Waals surface area contributed by atoms with Gasteiger partial charge in [0.2, 0.25) is 5.91 Å². The molecule has 98 valence electrons. The van der Waals surface area contributed by atoms with Gasteiger partial charge in [-0.2, -0.15) is 0 Å². The van der Waals surface area contributed by atoms with Crippen molar-refractivity contribution in [3.8, 4) is 0 Å². The normalized spacial score (nSPS) is 10.9. The number of halogens is 3. The van der Waals surface area contributed by atoms with Crippen molar-refractivity contribution in [2.24, 2.45) is 0 Å². The summed E-state index contributed by atoms with van der Waals surface area (Å²) in [5, 5.41) is 2.58. The van der Waals surface area contributed by atoms with Gasteiger partial charge in [0.15, 0.2) is 0 Å². The van der Waals surface area contributed by atoms with Crippen molar-refractivity contribution in [1.82, 2.24) is 0 Å². The second kappa shape index (κ2) is 6.32. The number of thiophene rings is 1. The van der Waals surface area contributed by atoms with Gasteiger partial charge >= 0.3 is 0 Å². The molecule has 0 saturated carbocycles. The highest BCUT2D eigenvalue weighted by Crippen LogP contribution is 2.23. The van der Waals surface area contributed by atoms with E-state index in [1.807, 2.05) is 12.1 Å². The van der Waals surface area contributed by atoms with Crippen molar-refractivity contribution in [1.29, 1.82) is 0 Å². The van der Waals surface area contributed by atoms with Gasteiger partial charge < -0.3 is 5.32 Å². The largest absolute Gasteiger partial charge is 0.322 e. The average Bonchev–Trinajstić information content (AvgIpc) is 2.77. The van der Waals surface area contributed by atoms with Crippen LogP contribution < -0.4 is 5.32 Å². The maximum Gasteiger partial charge on any atom is 0.248 e. The van der Waals surface area contributed by atoms with Crippen LogP contribution in [-0.2, 0) is 4.79 Å². The van der Waals surface area contributed by atoms with Gasteiger partial charge in [-0.05, 0) is 52.3 Å². The molecule has 0 aliphatic carbocycles. The first-order valence-electron chi connectivity index (χ1n) is 5.24. The zero-order valence-electron chi connectivity index (χ0n) is 9.49. The molecule has 0 atom stereocenters. The molecule has 1 amide bonds. The van der Waals surface area contributed by atoms with Crippen molar-refractivity contribution in [2.45, 2.75) is 0 Å². The van der Waals surface area contributed by atoms with Crippen LogP contribution in [0.1, 0.15) is 4.88 Å². The van der Waals surface area contributed by atoms with E-state index in [1.54, 1.807) is 6.08 Å². The standard InChI is InChI=1S/C13H8BrClFNOS/c14-12-5-2-9(19-12)3-6-13(18)17-8-1-4-11(16)10(15)7-8/h1-7H,(H,17,18)/b6-3+. The lowest BCUT2D eigenvalue weighted by atomic mass is 10.3. The van der Waals surface area contributed by atoms with Crippen LogP contribution in [0, 0.1) is 5.82 Å². The Kier molecular flexibility index (Phi) is 4.74. The van der Waals surface area contributed by atoms with Crippen molar-refractivity contribution in [3.63, 3.8) is 0 Å². The van der Waals surface area contributed by atoms with Crippen LogP contribution in [0.25, 0.3) is 6.08 Å². The molecule has 19 heavy (non-hydrogen) atoms. The maximum absolute atomic E-state index is 12.9. The molecular weight excluding hydrogens is 353 g/mol. The van der Waals surface area contributed by atoms with Gasteiger partial charge in [0, 0.05) is 16.6 Å². The third-order valence-electron chi connectivity index (χ3n) is 2.18. The summed E-state index contributed by atoms with van der Waals surface area (Å²) in [4.78, 5) is 12.6. The van der Waals surface area contributed by atoms with Gasteiger partial charge in [-0.3, -0.25) is 4.79 Å². The first kappa shape index (κ1) is 14.2. The predicted octanol–water partition coefficient (Wildman–Crippen LogP) is 4.96. The lowest BCUT2D eigenvalue weighted by molar-refractivity contribution is -0.111. The van der Waals surface area contributed by atoms with Gasteiger partial charge in [-0.1, -0.05) is 11.6 Å². The molecule has 1 N–H and O–H groups in total. The number of anilines is 1. The number of rotatable bonds is 3. The average molecular weight is 361 g/mol. The number of hydrogen-bond acceptors (Lipinski definition) is 2. The van der Waals surface area contributed by atoms with Gasteiger partial charge in [-0.15, -0.1) is 11.3 Å². The van der Waals surface area contributed by atoms with Crippen LogP contribution in [-0.4, -0.2) is 5.91 Å². The third-order valence-corrected chi connectivity index (χ3v) is 4.06. The Morgan fingerprint density at radius 1 is 1.37 bits per heavy atom. The fourth-order valence-electron chi connectivity index (χ4n) is 1.33. The number of carbonyl (C=O) groups is 1. The zero-order chi connectivity index (χ0) is 13.8. The van der Waals surface area contributed by atoms with E-state index in [-0.39, 0.29) is 10.9 Å². The summed E-state index contributed by atoms with van der Waals surface area (Å²) in [6.45, 7) is 0. The summed E-state index contributed by atoms with van der Waals surface area (Å²) in [6, 6.07) is 7.83. The molecule has 0 aliphatic heterocycles. The Morgan fingerprint density at radius 3 is 2.79 bits per heavy atom. The summed E-state index contributed by atoms with van der Waals surface area (Å²) >= 11 is 10.5. The number of hydrogen-bond donors (Lipinski definition) is 1. The molecular formula is C13H8BrClFNOS. The molecule has 0 radical (unpaired) electrons. The number of nitrogens with one attached hydrogen (secondary N) is 1. The van der Waals surface area contributed by atoms with Crippen LogP contribution >= 0.6 is 38.9 Å². The molecule has 6 heteroatoms. The van der Waals surface area contributed by atoms with Crippen LogP contribution in [0.15, 0.2) is 40.2 Å². The Labute approximate surface area is 127 Å². The molecule has 1 aromatic carbocycles. The number of amides is 1. The Hall–Kier alpha value is -1.17. The fourth-order valence-corrected chi connectivity index (χ4v) is 2.84. The topological polar surface area (TPSA) is 29.1 Å². The number of carbonyl (C=O) groups excluding carboxylic acids is 1. The van der Waals surface area contributed by atoms with Gasteiger partial charge in [0.05, 0.1) is 8.81 Å². The molecule has 1 heterocycles. The van der Waals surface area contributed by atoms with Crippen LogP contribution in [0.3, 0.4) is 0 Å². The first-order chi connectivity index (χ1) is 9.04. The minimum atomic E-state index is -0.515. The SMILES string of the molecule is O=C(/C=C/c1ccc(Br)s1)Nc1ccc(F)c(Cl)c1. The highest BCUT2D eigenvalue weighted by molar-refractivity contribution is 9.11. The second-order valence-corrected chi connectivity index (χ2v) is 6.50. The minimum absolute atomic E-state index is 0.0241. The maximum atomic E-state index is 12.9. The van der Waals surface area contributed by atoms with E-state index < -0.39 is 5.82 Å². The monoisotopic (exact) mass is 359 g/mol. The van der Waals surface area contributed by atoms with Gasteiger partial charge in [0.1, 0.15) is 5.82 Å².